The van der Waals surface area contributed by atoms with Crippen molar-refractivity contribution < 1.29 is 22.7 Å². The molecule has 1 aliphatic carbocycles. The molecule has 252 valence electrons. The number of aryl methyl sites for hydroxylation is 1. The molecule has 10 heteroatoms. The van der Waals surface area contributed by atoms with Crippen LogP contribution in [0.3, 0.4) is 0 Å². The predicted molar refractivity (Wildman–Crippen MR) is 192 cm³/mol. The van der Waals surface area contributed by atoms with Gasteiger partial charge in [0.05, 0.1) is 17.2 Å². The summed E-state index contributed by atoms with van der Waals surface area (Å²) in [6.45, 7) is 3.55. The van der Waals surface area contributed by atoms with Crippen molar-refractivity contribution in [3.05, 3.63) is 124 Å². The molecule has 4 aromatic carbocycles. The fraction of sp³-hybridized carbons (Fsp3) is 0.316. The van der Waals surface area contributed by atoms with E-state index in [4.69, 9.17) is 4.74 Å². The van der Waals surface area contributed by atoms with Crippen molar-refractivity contribution in [1.29, 1.82) is 0 Å². The van der Waals surface area contributed by atoms with Crippen molar-refractivity contribution in [2.24, 2.45) is 0 Å². The van der Waals surface area contributed by atoms with E-state index in [1.54, 1.807) is 36.4 Å². The van der Waals surface area contributed by atoms with Crippen molar-refractivity contribution in [2.45, 2.75) is 69.5 Å². The largest absolute Gasteiger partial charge is 0.492 e. The van der Waals surface area contributed by atoms with E-state index in [0.29, 0.717) is 12.4 Å². The van der Waals surface area contributed by atoms with Crippen LogP contribution in [0.4, 0.5) is 5.69 Å². The van der Waals surface area contributed by atoms with Crippen LogP contribution in [-0.4, -0.2) is 50.4 Å². The topological polar surface area (TPSA) is 96.0 Å². The summed E-state index contributed by atoms with van der Waals surface area (Å²) in [4.78, 5) is 30.5. The van der Waals surface area contributed by atoms with Gasteiger partial charge >= 0.3 is 0 Å². The van der Waals surface area contributed by atoms with Crippen molar-refractivity contribution in [3.63, 3.8) is 0 Å². The molecule has 1 atom stereocenters. The highest BCUT2D eigenvalue weighted by Crippen LogP contribution is 2.33. The third-order valence-electron chi connectivity index (χ3n) is 8.54. The van der Waals surface area contributed by atoms with E-state index < -0.39 is 28.5 Å². The second-order valence-corrected chi connectivity index (χ2v) is 14.9. The van der Waals surface area contributed by atoms with Gasteiger partial charge in [-0.05, 0) is 74.2 Å². The first-order chi connectivity index (χ1) is 23.2. The van der Waals surface area contributed by atoms with Gasteiger partial charge in [-0.1, -0.05) is 101 Å². The highest BCUT2D eigenvalue weighted by Gasteiger charge is 2.36. The number of anilines is 1. The highest BCUT2D eigenvalue weighted by atomic mass is 79.9. The summed E-state index contributed by atoms with van der Waals surface area (Å²) in [5.74, 6) is -0.432. The van der Waals surface area contributed by atoms with Crippen LogP contribution in [0.5, 0.6) is 5.75 Å². The molecule has 4 aromatic rings. The molecule has 8 nitrogen and oxygen atoms in total. The predicted octanol–water partition coefficient (Wildman–Crippen LogP) is 7.05. The van der Waals surface area contributed by atoms with E-state index in [1.807, 2.05) is 68.4 Å². The Kier molecular flexibility index (Phi) is 11.9. The van der Waals surface area contributed by atoms with Crippen LogP contribution in [-0.2, 0) is 32.6 Å². The highest BCUT2D eigenvalue weighted by molar-refractivity contribution is 9.10. The van der Waals surface area contributed by atoms with Crippen LogP contribution in [0, 0.1) is 6.92 Å². The Morgan fingerprint density at radius 3 is 2.25 bits per heavy atom. The van der Waals surface area contributed by atoms with Gasteiger partial charge in [-0.25, -0.2) is 8.42 Å². The zero-order valence-electron chi connectivity index (χ0n) is 27.3. The molecule has 48 heavy (non-hydrogen) atoms. The van der Waals surface area contributed by atoms with Gasteiger partial charge in [0.2, 0.25) is 11.8 Å². The number of carbonyl (C=O) groups is 2. The number of hydrogen-bond acceptors (Lipinski definition) is 5. The minimum absolute atomic E-state index is 0.0371. The molecule has 0 radical (unpaired) electrons. The van der Waals surface area contributed by atoms with Gasteiger partial charge in [-0.3, -0.25) is 13.9 Å². The average Bonchev–Trinajstić information content (AvgIpc) is 3.59. The van der Waals surface area contributed by atoms with Gasteiger partial charge < -0.3 is 15.0 Å². The molecule has 0 aliphatic heterocycles. The molecule has 1 aliphatic rings. The third-order valence-corrected chi connectivity index (χ3v) is 10.8. The number of benzene rings is 4. The fourth-order valence-corrected chi connectivity index (χ4v) is 7.92. The number of halogens is 1. The van der Waals surface area contributed by atoms with Crippen molar-refractivity contribution in [1.82, 2.24) is 10.2 Å². The lowest BCUT2D eigenvalue weighted by atomic mass is 10.0. The lowest BCUT2D eigenvalue weighted by Crippen LogP contribution is -2.54. The molecule has 0 spiro atoms. The Balaban J connectivity index is 1.59. The smallest absolute Gasteiger partial charge is 0.264 e. The second kappa shape index (κ2) is 16.3. The zero-order valence-corrected chi connectivity index (χ0v) is 29.8. The van der Waals surface area contributed by atoms with E-state index in [-0.39, 0.29) is 35.5 Å². The van der Waals surface area contributed by atoms with Crippen LogP contribution < -0.4 is 14.4 Å². The molecular weight excluding hydrogens is 690 g/mol. The summed E-state index contributed by atoms with van der Waals surface area (Å²) in [5.41, 5.74) is 2.84. The fourth-order valence-electron chi connectivity index (χ4n) is 6.05. The van der Waals surface area contributed by atoms with Crippen molar-refractivity contribution in [2.75, 3.05) is 17.5 Å². The number of nitrogens with one attached hydrogen (secondary N) is 1. The summed E-state index contributed by atoms with van der Waals surface area (Å²) >= 11 is 3.53. The summed E-state index contributed by atoms with van der Waals surface area (Å²) in [5, 5.41) is 3.21. The standard InChI is InChI=1S/C38H42BrN3O5S/c1-3-47-36-19-10-9-18-34(36)42(48(45,46)33-22-20-28(2)21-23-33)27-37(43)41(26-30-14-11-15-31(39)24-30)35(25-29-12-5-4-6-13-29)38(44)40-32-16-7-8-17-32/h4-6,9-15,18-24,32,35H,3,7-8,16-17,25-27H2,1-2H3,(H,40,44)/t35-/m1/s1. The van der Waals surface area contributed by atoms with Gasteiger partial charge in [-0.2, -0.15) is 0 Å². The number of nitrogens with zero attached hydrogens (tertiary/aromatic N) is 2. The maximum Gasteiger partial charge on any atom is 0.264 e. The van der Waals surface area contributed by atoms with Crippen LogP contribution >= 0.6 is 15.9 Å². The maximum atomic E-state index is 14.8. The minimum Gasteiger partial charge on any atom is -0.492 e. The Morgan fingerprint density at radius 1 is 0.896 bits per heavy atom. The summed E-state index contributed by atoms with van der Waals surface area (Å²) in [7, 11) is -4.25. The Hall–Kier alpha value is -4.15. The molecular formula is C38H42BrN3O5S. The molecule has 1 N–H and O–H groups in total. The maximum absolute atomic E-state index is 14.8. The molecule has 1 saturated carbocycles. The Morgan fingerprint density at radius 2 is 1.56 bits per heavy atom. The number of ether oxygens (including phenoxy) is 1. The quantitative estimate of drug-likeness (QED) is 0.150. The van der Waals surface area contributed by atoms with Crippen LogP contribution in [0.15, 0.2) is 112 Å². The second-order valence-electron chi connectivity index (χ2n) is 12.1. The molecule has 5 rings (SSSR count). The van der Waals surface area contributed by atoms with Crippen LogP contribution in [0.2, 0.25) is 0 Å². The van der Waals surface area contributed by atoms with E-state index in [9.17, 15) is 18.0 Å². The first kappa shape index (κ1) is 35.2. The van der Waals surface area contributed by atoms with Crippen molar-refractivity contribution in [3.8, 4) is 5.75 Å². The van der Waals surface area contributed by atoms with E-state index in [0.717, 1.165) is 51.2 Å². The number of sulfonamides is 1. The molecule has 0 saturated heterocycles. The monoisotopic (exact) mass is 731 g/mol. The lowest BCUT2D eigenvalue weighted by molar-refractivity contribution is -0.140. The number of hydrogen-bond donors (Lipinski definition) is 1. The van der Waals surface area contributed by atoms with E-state index >= 15 is 0 Å². The normalized spacial score (nSPS) is 13.9. The average molecular weight is 733 g/mol. The molecule has 0 unspecified atom stereocenters. The van der Waals surface area contributed by atoms with Crippen LogP contribution in [0.25, 0.3) is 0 Å². The van der Waals surface area contributed by atoms with E-state index in [2.05, 4.69) is 21.2 Å². The summed E-state index contributed by atoms with van der Waals surface area (Å²) in [6.07, 6.45) is 4.12. The molecule has 0 bridgehead atoms. The van der Waals surface area contributed by atoms with Gasteiger partial charge in [0, 0.05) is 23.5 Å². The minimum atomic E-state index is -4.25. The Labute approximate surface area is 292 Å². The molecule has 1 fully saturated rings. The summed E-state index contributed by atoms with van der Waals surface area (Å²) in [6, 6.07) is 29.6. The Bertz CT molecular complexity index is 1790. The number of para-hydroxylation sites is 2. The van der Waals surface area contributed by atoms with E-state index in [1.165, 1.54) is 17.0 Å². The van der Waals surface area contributed by atoms with Gasteiger partial charge in [0.15, 0.2) is 0 Å². The molecule has 0 aromatic heterocycles. The zero-order chi connectivity index (χ0) is 34.1. The first-order valence-corrected chi connectivity index (χ1v) is 18.6. The van der Waals surface area contributed by atoms with Crippen molar-refractivity contribution >= 4 is 43.5 Å². The lowest BCUT2D eigenvalue weighted by Gasteiger charge is -2.34. The number of rotatable bonds is 14. The van der Waals surface area contributed by atoms with Crippen LogP contribution in [0.1, 0.15) is 49.3 Å². The first-order valence-electron chi connectivity index (χ1n) is 16.3. The molecule has 2 amide bonds. The van der Waals surface area contributed by atoms with Gasteiger partial charge in [0.1, 0.15) is 18.3 Å². The van der Waals surface area contributed by atoms with Gasteiger partial charge in [-0.15, -0.1) is 0 Å². The molecule has 0 heterocycles. The SMILES string of the molecule is CCOc1ccccc1N(CC(=O)N(Cc1cccc(Br)c1)[C@H](Cc1ccccc1)C(=O)NC1CCCC1)S(=O)(=O)c1ccc(C)cc1. The summed E-state index contributed by atoms with van der Waals surface area (Å²) < 4.78 is 36.6. The number of carbonyl (C=O) groups excluding carboxylic acids is 2. The van der Waals surface area contributed by atoms with Gasteiger partial charge in [0.25, 0.3) is 10.0 Å². The number of amides is 2. The third kappa shape index (κ3) is 8.85.